The molecule has 0 spiro atoms. The fourth-order valence-corrected chi connectivity index (χ4v) is 4.14. The van der Waals surface area contributed by atoms with Crippen molar-refractivity contribution in [1.82, 2.24) is 9.97 Å². The highest BCUT2D eigenvalue weighted by Crippen LogP contribution is 2.19. The van der Waals surface area contributed by atoms with Gasteiger partial charge in [-0.15, -0.1) is 0 Å². The maximum absolute atomic E-state index is 11.4. The lowest BCUT2D eigenvalue weighted by Crippen LogP contribution is -2.17. The number of aryl methyl sites for hydroxylation is 1. The zero-order valence-corrected chi connectivity index (χ0v) is 11.9. The highest BCUT2D eigenvalue weighted by Gasteiger charge is 2.27. The van der Waals surface area contributed by atoms with E-state index in [0.29, 0.717) is 24.7 Å². The summed E-state index contributed by atoms with van der Waals surface area (Å²) < 4.78 is 22.8. The average Bonchev–Trinajstić information content (AvgIpc) is 2.66. The summed E-state index contributed by atoms with van der Waals surface area (Å²) in [5.41, 5.74) is 6.43. The second kappa shape index (κ2) is 5.83. The van der Waals surface area contributed by atoms with E-state index < -0.39 is 9.84 Å². The zero-order chi connectivity index (χ0) is 13.9. The Morgan fingerprint density at radius 2 is 2.26 bits per heavy atom. The summed E-state index contributed by atoms with van der Waals surface area (Å²) in [7, 11) is -2.81. The Kier molecular flexibility index (Phi) is 4.36. The summed E-state index contributed by atoms with van der Waals surface area (Å²) >= 11 is 0. The molecule has 0 radical (unpaired) electrons. The van der Waals surface area contributed by atoms with E-state index in [1.54, 1.807) is 0 Å². The molecule has 1 aromatic heterocycles. The number of nitrogens with zero attached hydrogens (tertiary/aromatic N) is 2. The molecular weight excluding hydrogens is 264 g/mol. The first-order chi connectivity index (χ1) is 8.98. The molecular formula is C12H20N4O2S. The van der Waals surface area contributed by atoms with Crippen LogP contribution in [0.1, 0.15) is 17.9 Å². The minimum absolute atomic E-state index is 0.179. The van der Waals surface area contributed by atoms with Gasteiger partial charge in [-0.1, -0.05) is 0 Å². The first kappa shape index (κ1) is 14.2. The van der Waals surface area contributed by atoms with E-state index in [1.165, 1.54) is 0 Å². The third-order valence-corrected chi connectivity index (χ3v) is 5.03. The minimum Gasteiger partial charge on any atom is -0.370 e. The molecule has 1 unspecified atom stereocenters. The van der Waals surface area contributed by atoms with Crippen LogP contribution in [0, 0.1) is 12.8 Å². The summed E-state index contributed by atoms with van der Waals surface area (Å²) in [6, 6.07) is 1.88. The van der Waals surface area contributed by atoms with Crippen LogP contribution in [0.15, 0.2) is 6.07 Å². The fraction of sp³-hybridized carbons (Fsp3) is 0.667. The van der Waals surface area contributed by atoms with Crippen LogP contribution in [0.5, 0.6) is 0 Å². The summed E-state index contributed by atoms with van der Waals surface area (Å²) in [5, 5.41) is 3.21. The smallest absolute Gasteiger partial charge is 0.150 e. The van der Waals surface area contributed by atoms with Crippen LogP contribution in [-0.2, 0) is 16.3 Å². The van der Waals surface area contributed by atoms with Gasteiger partial charge in [-0.05, 0) is 25.8 Å². The largest absolute Gasteiger partial charge is 0.370 e. The van der Waals surface area contributed by atoms with Crippen LogP contribution in [-0.4, -0.2) is 43.0 Å². The highest BCUT2D eigenvalue weighted by molar-refractivity contribution is 7.91. The molecule has 6 nitrogen and oxygen atoms in total. The molecule has 0 aliphatic carbocycles. The second-order valence-corrected chi connectivity index (χ2v) is 7.21. The van der Waals surface area contributed by atoms with E-state index in [0.717, 1.165) is 24.4 Å². The van der Waals surface area contributed by atoms with Gasteiger partial charge in [0.25, 0.3) is 0 Å². The van der Waals surface area contributed by atoms with Crippen molar-refractivity contribution in [3.8, 4) is 0 Å². The standard InChI is InChI=1S/C12H20N4O2S/c1-9-15-11(2-4-13)6-12(16-9)14-7-10-3-5-19(17,18)8-10/h6,10H,2-5,7-8,13H2,1H3,(H,14,15,16). The van der Waals surface area contributed by atoms with Crippen molar-refractivity contribution < 1.29 is 8.42 Å². The van der Waals surface area contributed by atoms with Crippen LogP contribution in [0.25, 0.3) is 0 Å². The molecule has 3 N–H and O–H groups in total. The van der Waals surface area contributed by atoms with Crippen molar-refractivity contribution in [2.45, 2.75) is 19.8 Å². The lowest BCUT2D eigenvalue weighted by atomic mass is 10.1. The second-order valence-electron chi connectivity index (χ2n) is 4.98. The Labute approximate surface area is 113 Å². The first-order valence-corrected chi connectivity index (χ1v) is 8.29. The normalized spacial score (nSPS) is 21.5. The van der Waals surface area contributed by atoms with E-state index in [-0.39, 0.29) is 11.7 Å². The van der Waals surface area contributed by atoms with Crippen LogP contribution in [0.3, 0.4) is 0 Å². The Balaban J connectivity index is 1.96. The highest BCUT2D eigenvalue weighted by atomic mass is 32.2. The molecule has 0 saturated carbocycles. The number of nitrogens with one attached hydrogen (secondary N) is 1. The van der Waals surface area contributed by atoms with E-state index in [4.69, 9.17) is 5.73 Å². The number of hydrogen-bond acceptors (Lipinski definition) is 6. The van der Waals surface area contributed by atoms with E-state index in [9.17, 15) is 8.42 Å². The van der Waals surface area contributed by atoms with Crippen LogP contribution >= 0.6 is 0 Å². The van der Waals surface area contributed by atoms with Crippen LogP contribution in [0.4, 0.5) is 5.82 Å². The lowest BCUT2D eigenvalue weighted by Gasteiger charge is -2.11. The summed E-state index contributed by atoms with van der Waals surface area (Å²) in [6.45, 7) is 3.03. The van der Waals surface area contributed by atoms with Crippen molar-refractivity contribution in [3.63, 3.8) is 0 Å². The Hall–Kier alpha value is -1.21. The Morgan fingerprint density at radius 3 is 2.89 bits per heavy atom. The van der Waals surface area contributed by atoms with Gasteiger partial charge in [-0.25, -0.2) is 18.4 Å². The summed E-state index contributed by atoms with van der Waals surface area (Å²) in [4.78, 5) is 8.60. The van der Waals surface area contributed by atoms with Gasteiger partial charge in [-0.2, -0.15) is 0 Å². The molecule has 0 amide bonds. The molecule has 2 heterocycles. The predicted octanol–water partition coefficient (Wildman–Crippen LogP) is 0.133. The van der Waals surface area contributed by atoms with Crippen molar-refractivity contribution in [2.24, 2.45) is 11.7 Å². The minimum atomic E-state index is -2.81. The molecule has 19 heavy (non-hydrogen) atoms. The maximum atomic E-state index is 11.4. The third kappa shape index (κ3) is 4.14. The molecule has 1 saturated heterocycles. The number of nitrogens with two attached hydrogens (primary N) is 1. The maximum Gasteiger partial charge on any atom is 0.150 e. The lowest BCUT2D eigenvalue weighted by molar-refractivity contribution is 0.595. The number of hydrogen-bond donors (Lipinski definition) is 2. The number of anilines is 1. The van der Waals surface area contributed by atoms with E-state index in [1.807, 2.05) is 13.0 Å². The fourth-order valence-electron chi connectivity index (χ4n) is 2.28. The van der Waals surface area contributed by atoms with Gasteiger partial charge in [0.15, 0.2) is 9.84 Å². The van der Waals surface area contributed by atoms with Crippen molar-refractivity contribution in [3.05, 3.63) is 17.6 Å². The molecule has 7 heteroatoms. The van der Waals surface area contributed by atoms with Crippen molar-refractivity contribution >= 4 is 15.7 Å². The van der Waals surface area contributed by atoms with Gasteiger partial charge in [0, 0.05) is 24.7 Å². The summed E-state index contributed by atoms with van der Waals surface area (Å²) in [6.07, 6.45) is 1.45. The molecule has 1 fully saturated rings. The molecule has 1 atom stereocenters. The SMILES string of the molecule is Cc1nc(CCN)cc(NCC2CCS(=O)(=O)C2)n1. The topological polar surface area (TPSA) is 98.0 Å². The van der Waals surface area contributed by atoms with Gasteiger partial charge < -0.3 is 11.1 Å². The van der Waals surface area contributed by atoms with Crippen molar-refractivity contribution in [2.75, 3.05) is 29.9 Å². The quantitative estimate of drug-likeness (QED) is 0.797. The van der Waals surface area contributed by atoms with Gasteiger partial charge in [0.2, 0.25) is 0 Å². The van der Waals surface area contributed by atoms with E-state index >= 15 is 0 Å². The number of rotatable bonds is 5. The molecule has 0 aromatic carbocycles. The Bertz CT molecular complexity index is 545. The molecule has 1 aliphatic heterocycles. The van der Waals surface area contributed by atoms with Gasteiger partial charge >= 0.3 is 0 Å². The molecule has 2 rings (SSSR count). The Morgan fingerprint density at radius 1 is 1.47 bits per heavy atom. The monoisotopic (exact) mass is 284 g/mol. The zero-order valence-electron chi connectivity index (χ0n) is 11.1. The van der Waals surface area contributed by atoms with E-state index in [2.05, 4.69) is 15.3 Å². The van der Waals surface area contributed by atoms with Gasteiger partial charge in [0.1, 0.15) is 11.6 Å². The van der Waals surface area contributed by atoms with Gasteiger partial charge in [0.05, 0.1) is 11.5 Å². The number of sulfone groups is 1. The average molecular weight is 284 g/mol. The molecule has 1 aliphatic rings. The number of aromatic nitrogens is 2. The molecule has 0 bridgehead atoms. The van der Waals surface area contributed by atoms with Crippen LogP contribution in [0.2, 0.25) is 0 Å². The predicted molar refractivity (Wildman–Crippen MR) is 74.8 cm³/mol. The van der Waals surface area contributed by atoms with Crippen LogP contribution < -0.4 is 11.1 Å². The molecule has 106 valence electrons. The van der Waals surface area contributed by atoms with Crippen molar-refractivity contribution in [1.29, 1.82) is 0 Å². The van der Waals surface area contributed by atoms with Gasteiger partial charge in [-0.3, -0.25) is 0 Å². The third-order valence-electron chi connectivity index (χ3n) is 3.19. The molecule has 1 aromatic rings. The summed E-state index contributed by atoms with van der Waals surface area (Å²) in [5.74, 6) is 2.21. The first-order valence-electron chi connectivity index (χ1n) is 6.47.